The Morgan fingerprint density at radius 3 is 2.72 bits per heavy atom. The number of rotatable bonds is 6. The van der Waals surface area contributed by atoms with E-state index in [2.05, 4.69) is 45.9 Å². The minimum absolute atomic E-state index is 0.0440. The summed E-state index contributed by atoms with van der Waals surface area (Å²) in [6.45, 7) is 6.65. The minimum atomic E-state index is 0.0440. The normalized spacial score (nSPS) is 12.1. The summed E-state index contributed by atoms with van der Waals surface area (Å²) in [5.41, 5.74) is 0.759. The van der Waals surface area contributed by atoms with E-state index in [1.807, 2.05) is 7.05 Å². The Bertz CT molecular complexity index is 400. The Labute approximate surface area is 109 Å². The number of aromatic nitrogens is 2. The van der Waals surface area contributed by atoms with Crippen LogP contribution in [-0.4, -0.2) is 29.6 Å². The number of anilines is 1. The van der Waals surface area contributed by atoms with Gasteiger partial charge in [-0.2, -0.15) is 10.2 Å². The van der Waals surface area contributed by atoms with Crippen LogP contribution in [0.3, 0.4) is 0 Å². The molecule has 100 valence electrons. The molecule has 1 heterocycles. The second-order valence-electron chi connectivity index (χ2n) is 5.01. The molecule has 0 fully saturated rings. The second kappa shape index (κ2) is 6.42. The van der Waals surface area contributed by atoms with E-state index in [1.54, 1.807) is 19.6 Å². The van der Waals surface area contributed by atoms with Crippen molar-refractivity contribution in [3.63, 3.8) is 0 Å². The van der Waals surface area contributed by atoms with E-state index < -0.39 is 0 Å². The average Bonchev–Trinajstić information content (AvgIpc) is 2.36. The highest BCUT2D eigenvalue weighted by Crippen LogP contribution is 2.31. The Morgan fingerprint density at radius 1 is 1.39 bits per heavy atom. The van der Waals surface area contributed by atoms with Crippen LogP contribution in [0.4, 0.5) is 11.5 Å². The van der Waals surface area contributed by atoms with Crippen LogP contribution in [-0.2, 0) is 0 Å². The van der Waals surface area contributed by atoms with Crippen molar-refractivity contribution < 1.29 is 0 Å². The maximum atomic E-state index is 4.33. The number of nitrogens with zero attached hydrogens (tertiary/aromatic N) is 5. The molecule has 1 rings (SSSR count). The molecule has 0 atom stereocenters. The van der Waals surface area contributed by atoms with E-state index in [-0.39, 0.29) is 5.54 Å². The van der Waals surface area contributed by atoms with E-state index in [4.69, 9.17) is 0 Å². The third-order valence-corrected chi connectivity index (χ3v) is 3.25. The zero-order chi connectivity index (χ0) is 13.6. The van der Waals surface area contributed by atoms with Crippen molar-refractivity contribution in [2.75, 3.05) is 19.0 Å². The summed E-state index contributed by atoms with van der Waals surface area (Å²) < 4.78 is 0. The lowest BCUT2D eigenvalue weighted by atomic mass is 9.95. The van der Waals surface area contributed by atoms with Gasteiger partial charge < -0.3 is 4.90 Å². The molecule has 5 heteroatoms. The highest BCUT2D eigenvalue weighted by molar-refractivity contribution is 5.60. The number of azo groups is 1. The Balaban J connectivity index is 2.98. The molecular weight excluding hydrogens is 226 g/mol. The lowest BCUT2D eigenvalue weighted by molar-refractivity contribution is 0.429. The standard InChI is InChI=1S/C13H23N5/c1-6-7-8-13(2,3)18(5)12-11(17-14-4)9-15-10-16-12/h9-10H,6-8H2,1-5H3. The molecule has 0 aromatic carbocycles. The molecule has 0 unspecified atom stereocenters. The van der Waals surface area contributed by atoms with Gasteiger partial charge in [-0.25, -0.2) is 9.97 Å². The van der Waals surface area contributed by atoms with Crippen molar-refractivity contribution in [1.29, 1.82) is 0 Å². The highest BCUT2D eigenvalue weighted by Gasteiger charge is 2.25. The van der Waals surface area contributed by atoms with Crippen LogP contribution in [0, 0.1) is 0 Å². The third kappa shape index (κ3) is 3.48. The summed E-state index contributed by atoms with van der Waals surface area (Å²) in [6, 6.07) is 0. The zero-order valence-corrected chi connectivity index (χ0v) is 12.0. The van der Waals surface area contributed by atoms with Crippen LogP contribution in [0.15, 0.2) is 22.8 Å². The maximum absolute atomic E-state index is 4.33. The molecule has 0 radical (unpaired) electrons. The zero-order valence-electron chi connectivity index (χ0n) is 12.0. The van der Waals surface area contributed by atoms with Crippen molar-refractivity contribution >= 4 is 11.5 Å². The third-order valence-electron chi connectivity index (χ3n) is 3.25. The monoisotopic (exact) mass is 249 g/mol. The molecule has 0 spiro atoms. The molecule has 0 aliphatic heterocycles. The fraction of sp³-hybridized carbons (Fsp3) is 0.692. The first-order valence-electron chi connectivity index (χ1n) is 6.36. The second-order valence-corrected chi connectivity index (χ2v) is 5.01. The number of unbranched alkanes of at least 4 members (excludes halogenated alkanes) is 1. The lowest BCUT2D eigenvalue weighted by Gasteiger charge is -2.37. The van der Waals surface area contributed by atoms with Gasteiger partial charge in [0.05, 0.1) is 6.20 Å². The molecule has 0 amide bonds. The fourth-order valence-electron chi connectivity index (χ4n) is 1.82. The molecule has 18 heavy (non-hydrogen) atoms. The summed E-state index contributed by atoms with van der Waals surface area (Å²) in [6.07, 6.45) is 6.76. The first kappa shape index (κ1) is 14.5. The Morgan fingerprint density at radius 2 is 2.11 bits per heavy atom. The number of hydrogen-bond donors (Lipinski definition) is 0. The predicted octanol–water partition coefficient (Wildman–Crippen LogP) is 3.60. The molecule has 0 bridgehead atoms. The van der Waals surface area contributed by atoms with Gasteiger partial charge in [0.2, 0.25) is 0 Å². The first-order chi connectivity index (χ1) is 8.53. The Kier molecular flexibility index (Phi) is 5.19. The molecule has 1 aromatic rings. The van der Waals surface area contributed by atoms with Crippen LogP contribution < -0.4 is 4.90 Å². The van der Waals surface area contributed by atoms with E-state index in [0.29, 0.717) is 5.69 Å². The SMILES string of the molecule is CCCCC(C)(C)N(C)c1ncncc1N=NC. The van der Waals surface area contributed by atoms with Gasteiger partial charge in [0.15, 0.2) is 5.82 Å². The average molecular weight is 249 g/mol. The van der Waals surface area contributed by atoms with Gasteiger partial charge in [0.1, 0.15) is 12.0 Å². The minimum Gasteiger partial charge on any atom is -0.353 e. The fourth-order valence-corrected chi connectivity index (χ4v) is 1.82. The van der Waals surface area contributed by atoms with Crippen molar-refractivity contribution in [2.24, 2.45) is 10.2 Å². The molecule has 0 saturated heterocycles. The molecule has 0 aliphatic carbocycles. The van der Waals surface area contributed by atoms with Gasteiger partial charge in [-0.15, -0.1) is 0 Å². The Hall–Kier alpha value is -1.52. The summed E-state index contributed by atoms with van der Waals surface area (Å²) in [5, 5.41) is 7.89. The van der Waals surface area contributed by atoms with Gasteiger partial charge in [0.25, 0.3) is 0 Å². The molecule has 1 aromatic heterocycles. The van der Waals surface area contributed by atoms with Crippen LogP contribution in [0.5, 0.6) is 0 Å². The lowest BCUT2D eigenvalue weighted by Crippen LogP contribution is -2.41. The van der Waals surface area contributed by atoms with Crippen molar-refractivity contribution in [3.05, 3.63) is 12.5 Å². The van der Waals surface area contributed by atoms with E-state index in [1.165, 1.54) is 12.8 Å². The molecular formula is C13H23N5. The van der Waals surface area contributed by atoms with Crippen molar-refractivity contribution in [2.45, 2.75) is 45.6 Å². The quantitative estimate of drug-likeness (QED) is 0.724. The number of hydrogen-bond acceptors (Lipinski definition) is 5. The van der Waals surface area contributed by atoms with E-state index >= 15 is 0 Å². The molecule has 5 nitrogen and oxygen atoms in total. The summed E-state index contributed by atoms with van der Waals surface area (Å²) in [5.74, 6) is 0.830. The van der Waals surface area contributed by atoms with Gasteiger partial charge in [0, 0.05) is 19.6 Å². The van der Waals surface area contributed by atoms with Crippen LogP contribution in [0.2, 0.25) is 0 Å². The van der Waals surface area contributed by atoms with Crippen LogP contribution >= 0.6 is 0 Å². The van der Waals surface area contributed by atoms with E-state index in [9.17, 15) is 0 Å². The molecule has 0 aliphatic rings. The van der Waals surface area contributed by atoms with Gasteiger partial charge >= 0.3 is 0 Å². The van der Waals surface area contributed by atoms with E-state index in [0.717, 1.165) is 12.2 Å². The van der Waals surface area contributed by atoms with Crippen LogP contribution in [0.25, 0.3) is 0 Å². The van der Waals surface area contributed by atoms with Gasteiger partial charge in [-0.3, -0.25) is 0 Å². The topological polar surface area (TPSA) is 53.7 Å². The van der Waals surface area contributed by atoms with Crippen molar-refractivity contribution in [1.82, 2.24) is 9.97 Å². The molecule has 0 saturated carbocycles. The summed E-state index contributed by atoms with van der Waals surface area (Å²) in [7, 11) is 3.70. The highest BCUT2D eigenvalue weighted by atomic mass is 15.2. The molecule has 0 N–H and O–H groups in total. The smallest absolute Gasteiger partial charge is 0.160 e. The van der Waals surface area contributed by atoms with Crippen LogP contribution in [0.1, 0.15) is 40.0 Å². The summed E-state index contributed by atoms with van der Waals surface area (Å²) >= 11 is 0. The van der Waals surface area contributed by atoms with Crippen molar-refractivity contribution in [3.8, 4) is 0 Å². The van der Waals surface area contributed by atoms with Gasteiger partial charge in [-0.1, -0.05) is 19.8 Å². The predicted molar refractivity (Wildman–Crippen MR) is 74.5 cm³/mol. The van der Waals surface area contributed by atoms with Gasteiger partial charge in [-0.05, 0) is 20.3 Å². The maximum Gasteiger partial charge on any atom is 0.160 e. The summed E-state index contributed by atoms with van der Waals surface area (Å²) in [4.78, 5) is 10.5. The first-order valence-corrected chi connectivity index (χ1v) is 6.36. The largest absolute Gasteiger partial charge is 0.353 e.